The van der Waals surface area contributed by atoms with Gasteiger partial charge in [-0.25, -0.2) is 0 Å². The standard InChI is InChI=1S/C14H25NO2/c1-10(2)12(16)7-11-8-13(3,4)15(17)14(5,6)9-11/h11,17H,1,7-9H2,2-6H3. The number of carbonyl (C=O) groups excluding carboxylic acids is 1. The molecule has 1 saturated heterocycles. The molecule has 0 bridgehead atoms. The molecule has 0 radical (unpaired) electrons. The van der Waals surface area contributed by atoms with Crippen LogP contribution in [0.25, 0.3) is 0 Å². The SMILES string of the molecule is C=C(C)C(=O)CC1CC(C)(C)N(O)C(C)(C)C1. The summed E-state index contributed by atoms with van der Waals surface area (Å²) in [6.45, 7) is 13.5. The molecule has 0 aromatic rings. The molecule has 1 N–H and O–H groups in total. The highest BCUT2D eigenvalue weighted by Crippen LogP contribution is 2.41. The molecule has 0 saturated carbocycles. The number of Topliss-reactive ketones (excluding diaryl/α,β-unsaturated/α-hetero) is 1. The van der Waals surface area contributed by atoms with Crippen molar-refractivity contribution >= 4 is 5.78 Å². The van der Waals surface area contributed by atoms with Gasteiger partial charge in [0.2, 0.25) is 0 Å². The van der Waals surface area contributed by atoms with Crippen LogP contribution in [0.2, 0.25) is 0 Å². The fraction of sp³-hybridized carbons (Fsp3) is 0.786. The Balaban J connectivity index is 2.78. The number of rotatable bonds is 3. The van der Waals surface area contributed by atoms with Crippen LogP contribution in [0.5, 0.6) is 0 Å². The molecule has 0 amide bonds. The lowest BCUT2D eigenvalue weighted by Crippen LogP contribution is -2.59. The number of ketones is 1. The number of hydrogen-bond donors (Lipinski definition) is 1. The summed E-state index contributed by atoms with van der Waals surface area (Å²) in [6, 6.07) is 0. The van der Waals surface area contributed by atoms with Crippen LogP contribution in [0.1, 0.15) is 53.9 Å². The Morgan fingerprint density at radius 1 is 1.29 bits per heavy atom. The van der Waals surface area contributed by atoms with E-state index < -0.39 is 0 Å². The average Bonchev–Trinajstić information content (AvgIpc) is 2.12. The summed E-state index contributed by atoms with van der Waals surface area (Å²) in [6.07, 6.45) is 2.23. The number of hydrogen-bond acceptors (Lipinski definition) is 3. The zero-order chi connectivity index (χ0) is 13.4. The Morgan fingerprint density at radius 3 is 2.06 bits per heavy atom. The maximum absolute atomic E-state index is 11.7. The first-order valence-corrected chi connectivity index (χ1v) is 6.24. The van der Waals surface area contributed by atoms with Gasteiger partial charge in [0.25, 0.3) is 0 Å². The van der Waals surface area contributed by atoms with E-state index in [1.165, 1.54) is 5.06 Å². The third-order valence-corrected chi connectivity index (χ3v) is 3.67. The van der Waals surface area contributed by atoms with E-state index in [2.05, 4.69) is 6.58 Å². The summed E-state index contributed by atoms with van der Waals surface area (Å²) in [4.78, 5) is 11.7. The molecule has 1 aliphatic heterocycles. The lowest BCUT2D eigenvalue weighted by molar-refractivity contribution is -0.251. The van der Waals surface area contributed by atoms with Crippen LogP contribution in [0.3, 0.4) is 0 Å². The van der Waals surface area contributed by atoms with Gasteiger partial charge in [0.1, 0.15) is 0 Å². The smallest absolute Gasteiger partial charge is 0.158 e. The predicted octanol–water partition coefficient (Wildman–Crippen LogP) is 3.18. The van der Waals surface area contributed by atoms with Gasteiger partial charge < -0.3 is 5.21 Å². The van der Waals surface area contributed by atoms with Gasteiger partial charge in [-0.3, -0.25) is 4.79 Å². The molecule has 1 rings (SSSR count). The molecule has 1 aliphatic rings. The molecule has 0 aromatic heterocycles. The van der Waals surface area contributed by atoms with Crippen molar-refractivity contribution in [1.29, 1.82) is 0 Å². The molecule has 0 unspecified atom stereocenters. The largest absolute Gasteiger partial charge is 0.313 e. The van der Waals surface area contributed by atoms with Gasteiger partial charge in [-0.1, -0.05) is 6.58 Å². The van der Waals surface area contributed by atoms with E-state index >= 15 is 0 Å². The second kappa shape index (κ2) is 4.54. The van der Waals surface area contributed by atoms with Crippen molar-refractivity contribution in [2.45, 2.75) is 65.0 Å². The Kier molecular flexibility index (Phi) is 3.84. The number of carbonyl (C=O) groups is 1. The van der Waals surface area contributed by atoms with Gasteiger partial charge in [0.15, 0.2) is 5.78 Å². The third-order valence-electron chi connectivity index (χ3n) is 3.67. The van der Waals surface area contributed by atoms with Crippen molar-refractivity contribution in [3.05, 3.63) is 12.2 Å². The molecular weight excluding hydrogens is 214 g/mol. The Bertz CT molecular complexity index is 313. The van der Waals surface area contributed by atoms with Gasteiger partial charge in [-0.05, 0) is 59.0 Å². The maximum Gasteiger partial charge on any atom is 0.158 e. The minimum absolute atomic E-state index is 0.146. The summed E-state index contributed by atoms with van der Waals surface area (Å²) < 4.78 is 0. The molecule has 3 heteroatoms. The Morgan fingerprint density at radius 2 is 1.71 bits per heavy atom. The van der Waals surface area contributed by atoms with Gasteiger partial charge in [0, 0.05) is 17.5 Å². The maximum atomic E-state index is 11.7. The molecule has 3 nitrogen and oxygen atoms in total. The van der Waals surface area contributed by atoms with E-state index in [4.69, 9.17) is 0 Å². The van der Waals surface area contributed by atoms with Crippen molar-refractivity contribution in [2.24, 2.45) is 5.92 Å². The molecule has 1 heterocycles. The molecular formula is C14H25NO2. The predicted molar refractivity (Wildman–Crippen MR) is 68.9 cm³/mol. The van der Waals surface area contributed by atoms with Gasteiger partial charge in [-0.2, -0.15) is 5.06 Å². The first kappa shape index (κ1) is 14.4. The molecule has 1 fully saturated rings. The summed E-state index contributed by atoms with van der Waals surface area (Å²) in [7, 11) is 0. The van der Waals surface area contributed by atoms with Crippen LogP contribution in [-0.2, 0) is 4.79 Å². The summed E-state index contributed by atoms with van der Waals surface area (Å²) >= 11 is 0. The number of hydroxylamine groups is 2. The second-order valence-corrected chi connectivity index (χ2v) is 6.62. The van der Waals surface area contributed by atoms with Crippen LogP contribution in [-0.4, -0.2) is 27.1 Å². The van der Waals surface area contributed by atoms with Gasteiger partial charge >= 0.3 is 0 Å². The van der Waals surface area contributed by atoms with Crippen LogP contribution >= 0.6 is 0 Å². The van der Waals surface area contributed by atoms with Crippen molar-refractivity contribution in [1.82, 2.24) is 5.06 Å². The quantitative estimate of drug-likeness (QED) is 0.769. The highest BCUT2D eigenvalue weighted by molar-refractivity contribution is 5.94. The van der Waals surface area contributed by atoms with E-state index in [0.717, 1.165) is 12.8 Å². The number of nitrogens with zero attached hydrogens (tertiary/aromatic N) is 1. The van der Waals surface area contributed by atoms with E-state index in [0.29, 0.717) is 17.9 Å². The van der Waals surface area contributed by atoms with E-state index in [1.807, 2.05) is 27.7 Å². The summed E-state index contributed by atoms with van der Waals surface area (Å²) in [5.74, 6) is 0.473. The third kappa shape index (κ3) is 3.17. The second-order valence-electron chi connectivity index (χ2n) is 6.62. The fourth-order valence-corrected chi connectivity index (χ4v) is 3.06. The molecule has 0 spiro atoms. The highest BCUT2D eigenvalue weighted by Gasteiger charge is 2.45. The molecule has 17 heavy (non-hydrogen) atoms. The minimum Gasteiger partial charge on any atom is -0.313 e. The normalized spacial score (nSPS) is 24.6. The van der Waals surface area contributed by atoms with Crippen molar-refractivity contribution < 1.29 is 10.0 Å². The summed E-state index contributed by atoms with van der Waals surface area (Å²) in [5, 5.41) is 11.6. The molecule has 0 atom stereocenters. The zero-order valence-corrected chi connectivity index (χ0v) is 11.7. The van der Waals surface area contributed by atoms with Crippen molar-refractivity contribution in [3.8, 4) is 0 Å². The van der Waals surface area contributed by atoms with Crippen molar-refractivity contribution in [3.63, 3.8) is 0 Å². The van der Waals surface area contributed by atoms with Gasteiger partial charge in [0.05, 0.1) is 0 Å². The monoisotopic (exact) mass is 239 g/mol. The van der Waals surface area contributed by atoms with Crippen LogP contribution in [0.15, 0.2) is 12.2 Å². The average molecular weight is 239 g/mol. The van der Waals surface area contributed by atoms with Crippen LogP contribution in [0.4, 0.5) is 0 Å². The fourth-order valence-electron chi connectivity index (χ4n) is 3.06. The molecule has 98 valence electrons. The van der Waals surface area contributed by atoms with Crippen LogP contribution < -0.4 is 0 Å². The molecule has 0 aromatic carbocycles. The van der Waals surface area contributed by atoms with Gasteiger partial charge in [-0.15, -0.1) is 0 Å². The number of allylic oxidation sites excluding steroid dienone is 1. The minimum atomic E-state index is -0.276. The zero-order valence-electron chi connectivity index (χ0n) is 11.7. The molecule has 0 aliphatic carbocycles. The first-order chi connectivity index (χ1) is 7.56. The van der Waals surface area contributed by atoms with Crippen LogP contribution in [0, 0.1) is 5.92 Å². The van der Waals surface area contributed by atoms with E-state index in [1.54, 1.807) is 6.92 Å². The number of piperidine rings is 1. The summed E-state index contributed by atoms with van der Waals surface area (Å²) in [5.41, 5.74) is 0.0795. The highest BCUT2D eigenvalue weighted by atomic mass is 16.5. The van der Waals surface area contributed by atoms with E-state index in [9.17, 15) is 10.0 Å². The van der Waals surface area contributed by atoms with Crippen molar-refractivity contribution in [2.75, 3.05) is 0 Å². The first-order valence-electron chi connectivity index (χ1n) is 6.24. The topological polar surface area (TPSA) is 40.5 Å². The Labute approximate surface area is 104 Å². The Hall–Kier alpha value is -0.670. The lowest BCUT2D eigenvalue weighted by atomic mass is 9.73. The lowest BCUT2D eigenvalue weighted by Gasteiger charge is -2.51. The van der Waals surface area contributed by atoms with E-state index in [-0.39, 0.29) is 16.9 Å².